The van der Waals surface area contributed by atoms with Gasteiger partial charge in [-0.2, -0.15) is 8.78 Å². The van der Waals surface area contributed by atoms with E-state index in [1.165, 1.54) is 42.5 Å². The predicted octanol–water partition coefficient (Wildman–Crippen LogP) is 3.96. The number of sulfonamides is 1. The summed E-state index contributed by atoms with van der Waals surface area (Å²) in [6, 6.07) is 11.9. The van der Waals surface area contributed by atoms with E-state index in [-0.39, 0.29) is 48.2 Å². The first-order chi connectivity index (χ1) is 20.4. The molecule has 1 fully saturated rings. The van der Waals surface area contributed by atoms with Gasteiger partial charge < -0.3 is 19.4 Å². The van der Waals surface area contributed by atoms with E-state index in [2.05, 4.69) is 4.98 Å². The van der Waals surface area contributed by atoms with E-state index in [0.717, 1.165) is 10.4 Å². The second kappa shape index (κ2) is 11.6. The number of hydrogen-bond donors (Lipinski definition) is 0. The van der Waals surface area contributed by atoms with Gasteiger partial charge in [0.2, 0.25) is 0 Å². The second-order valence-corrected chi connectivity index (χ2v) is 12.3. The number of pyridine rings is 1. The largest absolute Gasteiger partial charge is 0.430 e. The Hall–Kier alpha value is -4.52. The summed E-state index contributed by atoms with van der Waals surface area (Å²) in [6.07, 6.45) is 3.14. The van der Waals surface area contributed by atoms with E-state index in [1.807, 2.05) is 12.2 Å². The average molecular weight is 612 g/mol. The second-order valence-electron chi connectivity index (χ2n) is 10.4. The molecule has 13 heteroatoms. The van der Waals surface area contributed by atoms with Gasteiger partial charge in [0.15, 0.2) is 5.75 Å². The number of aromatic nitrogens is 1. The van der Waals surface area contributed by atoms with E-state index < -0.39 is 27.8 Å². The van der Waals surface area contributed by atoms with Gasteiger partial charge in [0, 0.05) is 77.3 Å². The zero-order valence-electron chi connectivity index (χ0n) is 23.9. The molecular formula is C30H31F2N5O5S. The molecule has 0 radical (unpaired) electrons. The van der Waals surface area contributed by atoms with Gasteiger partial charge in [0.25, 0.3) is 21.8 Å². The topological polar surface area (TPSA) is 103 Å². The lowest BCUT2D eigenvalue weighted by Crippen LogP contribution is -2.50. The van der Waals surface area contributed by atoms with Crippen molar-refractivity contribution in [1.82, 2.24) is 14.8 Å². The Balaban J connectivity index is 1.40. The summed E-state index contributed by atoms with van der Waals surface area (Å²) >= 11 is 0. The maximum atomic E-state index is 14.2. The van der Waals surface area contributed by atoms with Crippen molar-refractivity contribution >= 4 is 39.3 Å². The van der Waals surface area contributed by atoms with Crippen LogP contribution >= 0.6 is 0 Å². The lowest BCUT2D eigenvalue weighted by molar-refractivity contribution is -0.158. The third-order valence-corrected chi connectivity index (χ3v) is 9.15. The van der Waals surface area contributed by atoms with E-state index >= 15 is 0 Å². The number of alkyl halides is 2. The molecule has 5 rings (SSSR count). The van der Waals surface area contributed by atoms with Crippen LogP contribution in [-0.2, 0) is 10.0 Å². The molecule has 0 unspecified atom stereocenters. The molecular weight excluding hydrogens is 580 g/mol. The Morgan fingerprint density at radius 2 is 1.58 bits per heavy atom. The van der Waals surface area contributed by atoms with Gasteiger partial charge in [-0.1, -0.05) is 24.3 Å². The number of carbonyl (C=O) groups excluding carboxylic acids is 2. The number of fused-ring (bicyclic) bond motifs is 1. The SMILES string of the molecule is CN1CC=Cc2cccc(S(=O)(=O)N(C)c3ccc(C(=O)N4CCN(C(=O)c5ccncc5)CC4)cc3OC(C)(F)F)c21. The Morgan fingerprint density at radius 1 is 0.953 bits per heavy atom. The number of anilines is 2. The van der Waals surface area contributed by atoms with Gasteiger partial charge in [-0.3, -0.25) is 18.9 Å². The molecule has 1 aromatic heterocycles. The lowest BCUT2D eigenvalue weighted by atomic mass is 10.1. The first-order valence-electron chi connectivity index (χ1n) is 13.6. The van der Waals surface area contributed by atoms with Gasteiger partial charge >= 0.3 is 6.11 Å². The van der Waals surface area contributed by atoms with Gasteiger partial charge in [-0.25, -0.2) is 8.42 Å². The molecule has 10 nitrogen and oxygen atoms in total. The first-order valence-corrected chi connectivity index (χ1v) is 15.0. The molecule has 1 saturated heterocycles. The molecule has 43 heavy (non-hydrogen) atoms. The van der Waals surface area contributed by atoms with E-state index in [0.29, 0.717) is 30.3 Å². The highest BCUT2D eigenvalue weighted by Crippen LogP contribution is 2.39. The van der Waals surface area contributed by atoms with Crippen molar-refractivity contribution in [2.24, 2.45) is 0 Å². The van der Waals surface area contributed by atoms with Gasteiger partial charge in [-0.15, -0.1) is 0 Å². The number of hydrogen-bond acceptors (Lipinski definition) is 7. The fraction of sp³-hybridized carbons (Fsp3) is 0.300. The van der Waals surface area contributed by atoms with Crippen LogP contribution in [0, 0.1) is 0 Å². The lowest BCUT2D eigenvalue weighted by Gasteiger charge is -2.35. The molecule has 0 saturated carbocycles. The Bertz CT molecular complexity index is 1670. The molecule has 0 atom stereocenters. The number of ether oxygens (including phenoxy) is 1. The quantitative estimate of drug-likeness (QED) is 0.399. The number of rotatable bonds is 7. The molecule has 2 aliphatic rings. The predicted molar refractivity (Wildman–Crippen MR) is 158 cm³/mol. The summed E-state index contributed by atoms with van der Waals surface area (Å²) in [4.78, 5) is 35.0. The average Bonchev–Trinajstić information content (AvgIpc) is 2.99. The van der Waals surface area contributed by atoms with Crippen LogP contribution in [0.15, 0.2) is 71.9 Å². The fourth-order valence-corrected chi connectivity index (χ4v) is 6.62. The Kier molecular flexibility index (Phi) is 8.10. The van der Waals surface area contributed by atoms with Gasteiger partial charge in [0.05, 0.1) is 11.4 Å². The Morgan fingerprint density at radius 3 is 2.21 bits per heavy atom. The zero-order valence-corrected chi connectivity index (χ0v) is 24.7. The summed E-state index contributed by atoms with van der Waals surface area (Å²) in [6.45, 7) is 2.07. The summed E-state index contributed by atoms with van der Waals surface area (Å²) in [5.41, 5.74) is 1.59. The molecule has 2 amide bonds. The number of halogens is 2. The number of benzene rings is 2. The standard InChI is InChI=1S/C30H31F2N5O5S/c1-30(31,32)42-25-20-23(29(39)37-18-16-36(17-19-37)28(38)22-11-13-33-14-12-22)9-10-24(25)35(3)43(40,41)26-8-4-6-21-7-5-15-34(2)27(21)26/h4-14,20H,15-19H2,1-3H3. The van der Waals surface area contributed by atoms with Crippen LogP contribution in [-0.4, -0.2) is 87.9 Å². The summed E-state index contributed by atoms with van der Waals surface area (Å²) < 4.78 is 61.8. The van der Waals surface area contributed by atoms with Crippen LogP contribution in [0.4, 0.5) is 20.2 Å². The van der Waals surface area contributed by atoms with Crippen LogP contribution in [0.2, 0.25) is 0 Å². The summed E-state index contributed by atoms with van der Waals surface area (Å²) in [5.74, 6) is -1.09. The smallest absolute Gasteiger partial charge is 0.394 e. The van der Waals surface area contributed by atoms with Crippen molar-refractivity contribution in [2.45, 2.75) is 17.9 Å². The normalized spacial score (nSPS) is 15.2. The third kappa shape index (κ3) is 6.17. The molecule has 2 aliphatic heterocycles. The molecule has 0 N–H and O–H groups in total. The van der Waals surface area contributed by atoms with Crippen molar-refractivity contribution in [3.63, 3.8) is 0 Å². The minimum Gasteiger partial charge on any atom is -0.430 e. The van der Waals surface area contributed by atoms with Crippen molar-refractivity contribution in [3.05, 3.63) is 83.7 Å². The van der Waals surface area contributed by atoms with Crippen LogP contribution < -0.4 is 13.9 Å². The summed E-state index contributed by atoms with van der Waals surface area (Å²) in [7, 11) is -1.22. The van der Waals surface area contributed by atoms with E-state index in [9.17, 15) is 26.8 Å². The Labute approximate surface area is 248 Å². The summed E-state index contributed by atoms with van der Waals surface area (Å²) in [5, 5.41) is 0. The van der Waals surface area contributed by atoms with E-state index in [4.69, 9.17) is 4.74 Å². The maximum Gasteiger partial charge on any atom is 0.394 e. The molecule has 0 bridgehead atoms. The number of piperazine rings is 1. The van der Waals surface area contributed by atoms with Crippen molar-refractivity contribution < 1.29 is 31.5 Å². The molecule has 3 heterocycles. The molecule has 0 aliphatic carbocycles. The van der Waals surface area contributed by atoms with Gasteiger partial charge in [-0.05, 0) is 42.0 Å². The number of carbonyl (C=O) groups is 2. The number of amides is 2. The highest BCUT2D eigenvalue weighted by molar-refractivity contribution is 7.93. The van der Waals surface area contributed by atoms with Crippen molar-refractivity contribution in [2.75, 3.05) is 56.0 Å². The minimum atomic E-state index is -4.24. The van der Waals surface area contributed by atoms with Gasteiger partial charge in [0.1, 0.15) is 4.90 Å². The number of nitrogens with zero attached hydrogens (tertiary/aromatic N) is 5. The van der Waals surface area contributed by atoms with Crippen LogP contribution in [0.5, 0.6) is 5.75 Å². The molecule has 3 aromatic rings. The minimum absolute atomic E-state index is 0.00731. The van der Waals surface area contributed by atoms with Crippen LogP contribution in [0.3, 0.4) is 0 Å². The first kappa shape index (κ1) is 30.0. The third-order valence-electron chi connectivity index (χ3n) is 7.34. The van der Waals surface area contributed by atoms with Crippen LogP contribution in [0.25, 0.3) is 6.08 Å². The van der Waals surface area contributed by atoms with Crippen molar-refractivity contribution in [3.8, 4) is 5.75 Å². The fourth-order valence-electron chi connectivity index (χ4n) is 5.15. The van der Waals surface area contributed by atoms with E-state index in [1.54, 1.807) is 41.1 Å². The number of para-hydroxylation sites is 1. The maximum absolute atomic E-state index is 14.2. The highest BCUT2D eigenvalue weighted by Gasteiger charge is 2.33. The molecule has 226 valence electrons. The molecule has 0 spiro atoms. The highest BCUT2D eigenvalue weighted by atomic mass is 32.2. The van der Waals surface area contributed by atoms with Crippen LogP contribution in [0.1, 0.15) is 33.2 Å². The monoisotopic (exact) mass is 611 g/mol. The zero-order chi connectivity index (χ0) is 30.9. The van der Waals surface area contributed by atoms with Crippen molar-refractivity contribution in [1.29, 1.82) is 0 Å². The number of likely N-dealkylation sites (N-methyl/N-ethyl adjacent to an activating group) is 1. The molecule has 2 aromatic carbocycles.